The van der Waals surface area contributed by atoms with Crippen LogP contribution in [0.4, 0.5) is 0 Å². The van der Waals surface area contributed by atoms with Gasteiger partial charge in [-0.25, -0.2) is 11.6 Å². The molecule has 16 heavy (non-hydrogen) atoms. The summed E-state index contributed by atoms with van der Waals surface area (Å²) in [6.45, 7) is 20.0. The Bertz CT molecular complexity index is 220. The van der Waals surface area contributed by atoms with E-state index < -0.39 is 0 Å². The second-order valence-electron chi connectivity index (χ2n) is 7.16. The van der Waals surface area contributed by atoms with E-state index in [-0.39, 0.29) is 0 Å². The van der Waals surface area contributed by atoms with Crippen LogP contribution >= 0.6 is 11.6 Å². The van der Waals surface area contributed by atoms with Gasteiger partial charge in [-0.1, -0.05) is 66.9 Å². The molecule has 91 valence electrons. The normalized spacial score (nSPS) is 24.9. The van der Waals surface area contributed by atoms with Crippen LogP contribution in [-0.4, -0.2) is 18.4 Å². The maximum Gasteiger partial charge on any atom is 0.194 e. The molecular formula is C13H27B2S. The summed E-state index contributed by atoms with van der Waals surface area (Å²) in [6, 6.07) is 0. The topological polar surface area (TPSA) is 0 Å². The average molecular weight is 237 g/mol. The van der Waals surface area contributed by atoms with E-state index in [2.05, 4.69) is 66.6 Å². The molecule has 0 N–H and O–H groups in total. The van der Waals surface area contributed by atoms with E-state index in [1.54, 1.807) is 0 Å². The summed E-state index contributed by atoms with van der Waals surface area (Å²) in [4.78, 5) is 0. The number of rotatable bonds is 4. The fourth-order valence-electron chi connectivity index (χ4n) is 2.66. The maximum absolute atomic E-state index is 2.44. The van der Waals surface area contributed by atoms with Gasteiger partial charge >= 0.3 is 0 Å². The molecule has 1 atom stereocenters. The first-order valence-electron chi connectivity index (χ1n) is 6.64. The van der Waals surface area contributed by atoms with Gasteiger partial charge in [0.05, 0.1) is 0 Å². The van der Waals surface area contributed by atoms with Gasteiger partial charge in [-0.05, 0) is 16.0 Å². The van der Waals surface area contributed by atoms with Gasteiger partial charge < -0.3 is 0 Å². The molecule has 1 radical (unpaired) electrons. The molecule has 1 heterocycles. The first-order valence-corrected chi connectivity index (χ1v) is 7.59. The highest BCUT2D eigenvalue weighted by atomic mass is 32.2. The van der Waals surface area contributed by atoms with Crippen molar-refractivity contribution in [2.75, 3.05) is 0 Å². The Morgan fingerprint density at radius 2 is 1.44 bits per heavy atom. The summed E-state index contributed by atoms with van der Waals surface area (Å²) in [6.07, 6.45) is 2.78. The molecule has 0 saturated carbocycles. The predicted molar refractivity (Wildman–Crippen MR) is 80.8 cm³/mol. The molecule has 1 aliphatic rings. The Morgan fingerprint density at radius 3 is 1.81 bits per heavy atom. The lowest BCUT2D eigenvalue weighted by Crippen LogP contribution is -2.24. The molecule has 0 aromatic carbocycles. The van der Waals surface area contributed by atoms with Crippen LogP contribution in [0.25, 0.3) is 0 Å². The molecule has 0 nitrogen and oxygen atoms in total. The van der Waals surface area contributed by atoms with E-state index in [1.165, 1.54) is 12.6 Å². The minimum atomic E-state index is 0.504. The lowest BCUT2D eigenvalue weighted by atomic mass is 9.44. The lowest BCUT2D eigenvalue weighted by molar-refractivity contribution is 0.177. The molecule has 1 saturated heterocycles. The minimum absolute atomic E-state index is 0.504. The molecule has 1 fully saturated rings. The summed E-state index contributed by atoms with van der Waals surface area (Å²) in [5, 5.41) is 0.781. The highest BCUT2D eigenvalue weighted by Crippen LogP contribution is 2.54. The van der Waals surface area contributed by atoms with Crippen molar-refractivity contribution < 1.29 is 0 Å². The smallest absolute Gasteiger partial charge is 0.194 e. The van der Waals surface area contributed by atoms with Crippen molar-refractivity contribution in [2.45, 2.75) is 72.1 Å². The Labute approximate surface area is 108 Å². The molecule has 3 heteroatoms. The second kappa shape index (κ2) is 5.00. The zero-order chi connectivity index (χ0) is 12.6. The summed E-state index contributed by atoms with van der Waals surface area (Å²) in [5.41, 5.74) is 1.01. The third kappa shape index (κ3) is 3.24. The van der Waals surface area contributed by atoms with E-state index in [0.29, 0.717) is 16.6 Å². The van der Waals surface area contributed by atoms with Crippen molar-refractivity contribution in [3.05, 3.63) is 0 Å². The van der Waals surface area contributed by atoms with Crippen molar-refractivity contribution in [3.8, 4) is 0 Å². The molecule has 0 spiro atoms. The molecule has 1 unspecified atom stereocenters. The van der Waals surface area contributed by atoms with Crippen LogP contribution in [0.2, 0.25) is 18.5 Å². The molecule has 0 bridgehead atoms. The highest BCUT2D eigenvalue weighted by molar-refractivity contribution is 8.24. The van der Waals surface area contributed by atoms with E-state index in [9.17, 15) is 0 Å². The average Bonchev–Trinajstić information content (AvgIpc) is 2.32. The maximum atomic E-state index is 2.44. The Hall–Kier alpha value is 0.480. The highest BCUT2D eigenvalue weighted by Gasteiger charge is 2.48. The van der Waals surface area contributed by atoms with Gasteiger partial charge in [0, 0.05) is 0 Å². The van der Waals surface area contributed by atoms with Gasteiger partial charge in [0.2, 0.25) is 0 Å². The standard InChI is InChI=1S/C13H27B2S/c1-10(2)14-16-11(3)15-8-12(4,5)13(6,7)9-15/h10-11H,8-9H2,1-7H3. The van der Waals surface area contributed by atoms with Crippen LogP contribution in [0, 0.1) is 10.8 Å². The first kappa shape index (κ1) is 14.5. The molecule has 0 amide bonds. The van der Waals surface area contributed by atoms with Crippen LogP contribution in [0.5, 0.6) is 0 Å². The molecule has 0 aromatic rings. The van der Waals surface area contributed by atoms with Gasteiger partial charge in [-0.2, -0.15) is 0 Å². The van der Waals surface area contributed by atoms with Gasteiger partial charge in [0.15, 0.2) is 13.3 Å². The van der Waals surface area contributed by atoms with Crippen molar-refractivity contribution in [1.82, 2.24) is 0 Å². The largest absolute Gasteiger partial charge is 0.223 e. The van der Waals surface area contributed by atoms with Crippen molar-refractivity contribution in [1.29, 1.82) is 0 Å². The predicted octanol–water partition coefficient (Wildman–Crippen LogP) is 4.66. The van der Waals surface area contributed by atoms with Crippen molar-refractivity contribution in [3.63, 3.8) is 0 Å². The van der Waals surface area contributed by atoms with Gasteiger partial charge in [-0.3, -0.25) is 0 Å². The fourth-order valence-corrected chi connectivity index (χ4v) is 3.64. The van der Waals surface area contributed by atoms with Gasteiger partial charge in [0.1, 0.15) is 0 Å². The summed E-state index contributed by atoms with van der Waals surface area (Å²) < 4.78 is 0. The van der Waals surface area contributed by atoms with Crippen LogP contribution < -0.4 is 0 Å². The second-order valence-corrected chi connectivity index (χ2v) is 8.45. The molecular weight excluding hydrogens is 210 g/mol. The van der Waals surface area contributed by atoms with Crippen LogP contribution in [-0.2, 0) is 0 Å². The van der Waals surface area contributed by atoms with E-state index in [1.807, 2.05) is 0 Å². The Kier molecular flexibility index (Phi) is 4.54. The molecule has 0 aliphatic carbocycles. The minimum Gasteiger partial charge on any atom is -0.223 e. The third-order valence-electron chi connectivity index (χ3n) is 4.61. The van der Waals surface area contributed by atoms with Gasteiger partial charge in [0.25, 0.3) is 0 Å². The van der Waals surface area contributed by atoms with Crippen molar-refractivity contribution >= 4 is 24.9 Å². The SMILES string of the molecule is CC(C)[B]SC(C)B1CC(C)(C)C(C)(C)C1. The molecule has 1 rings (SSSR count). The quantitative estimate of drug-likeness (QED) is 0.641. The lowest BCUT2D eigenvalue weighted by Gasteiger charge is -2.35. The zero-order valence-electron chi connectivity index (χ0n) is 12.1. The van der Waals surface area contributed by atoms with E-state index in [0.717, 1.165) is 11.9 Å². The molecule has 0 aromatic heterocycles. The first-order chi connectivity index (χ1) is 7.16. The summed E-state index contributed by atoms with van der Waals surface area (Å²) >= 11 is 2.06. The van der Waals surface area contributed by atoms with Crippen LogP contribution in [0.15, 0.2) is 0 Å². The third-order valence-corrected chi connectivity index (χ3v) is 6.12. The van der Waals surface area contributed by atoms with E-state index >= 15 is 0 Å². The van der Waals surface area contributed by atoms with Crippen LogP contribution in [0.3, 0.4) is 0 Å². The summed E-state index contributed by atoms with van der Waals surface area (Å²) in [5.74, 6) is 0.704. The van der Waals surface area contributed by atoms with Crippen LogP contribution in [0.1, 0.15) is 48.5 Å². The van der Waals surface area contributed by atoms with Gasteiger partial charge in [-0.15, -0.1) is 0 Å². The van der Waals surface area contributed by atoms with E-state index in [4.69, 9.17) is 0 Å². The molecule has 1 aliphatic heterocycles. The fraction of sp³-hybridized carbons (Fsp3) is 1.00. The number of hydrogen-bond donors (Lipinski definition) is 0. The Balaban J connectivity index is 2.52. The summed E-state index contributed by atoms with van der Waals surface area (Å²) in [7, 11) is 0. The van der Waals surface area contributed by atoms with Crippen molar-refractivity contribution in [2.24, 2.45) is 10.8 Å². The monoisotopic (exact) mass is 237 g/mol. The zero-order valence-corrected chi connectivity index (χ0v) is 12.9. The number of hydrogen-bond acceptors (Lipinski definition) is 1. The Morgan fingerprint density at radius 1 is 1.00 bits per heavy atom.